The Kier molecular flexibility index (Phi) is 2.66. The van der Waals surface area contributed by atoms with Crippen LogP contribution >= 0.6 is 11.6 Å². The molecule has 0 aliphatic heterocycles. The third kappa shape index (κ3) is 2.06. The van der Waals surface area contributed by atoms with Crippen LogP contribution in [0.4, 0.5) is 0 Å². The highest BCUT2D eigenvalue weighted by atomic mass is 35.5. The molecular formula is C11H8ClNO3. The number of aliphatic carboxylic acids is 1. The van der Waals surface area contributed by atoms with E-state index in [-0.39, 0.29) is 6.42 Å². The Morgan fingerprint density at radius 2 is 2.06 bits per heavy atom. The Bertz CT molecular complexity index is 574. The number of halogens is 1. The van der Waals surface area contributed by atoms with Gasteiger partial charge in [-0.05, 0) is 24.3 Å². The second-order valence-electron chi connectivity index (χ2n) is 3.43. The van der Waals surface area contributed by atoms with Crippen LogP contribution in [0.25, 0.3) is 10.9 Å². The van der Waals surface area contributed by atoms with E-state index in [9.17, 15) is 9.59 Å². The van der Waals surface area contributed by atoms with Crippen molar-refractivity contribution in [3.63, 3.8) is 0 Å². The molecule has 0 amide bonds. The van der Waals surface area contributed by atoms with E-state index in [0.29, 0.717) is 10.7 Å². The number of fused-ring (bicyclic) bond motifs is 1. The first kappa shape index (κ1) is 10.7. The Balaban J connectivity index is 2.33. The molecule has 4 nitrogen and oxygen atoms in total. The highest BCUT2D eigenvalue weighted by molar-refractivity contribution is 6.33. The van der Waals surface area contributed by atoms with E-state index in [4.69, 9.17) is 16.7 Å². The molecule has 0 fully saturated rings. The molecule has 0 bridgehead atoms. The van der Waals surface area contributed by atoms with Crippen LogP contribution in [0.5, 0.6) is 0 Å². The molecule has 0 aliphatic carbocycles. The number of carboxylic acids is 1. The summed E-state index contributed by atoms with van der Waals surface area (Å²) in [5.74, 6) is -2.26. The number of carbonyl (C=O) groups excluding carboxylic acids is 1. The molecule has 0 unspecified atom stereocenters. The van der Waals surface area contributed by atoms with E-state index in [0.717, 1.165) is 10.9 Å². The lowest BCUT2D eigenvalue weighted by Crippen LogP contribution is -2.15. The average Bonchev–Trinajstić information content (AvgIpc) is 2.58. The first-order valence-corrected chi connectivity index (χ1v) is 4.97. The lowest BCUT2D eigenvalue weighted by molar-refractivity contribution is -0.148. The second-order valence-corrected chi connectivity index (χ2v) is 3.87. The maximum atomic E-state index is 11.0. The highest BCUT2D eigenvalue weighted by Crippen LogP contribution is 2.20. The number of hydrogen-bond donors (Lipinski definition) is 2. The van der Waals surface area contributed by atoms with E-state index < -0.39 is 11.8 Å². The molecule has 0 atom stereocenters. The van der Waals surface area contributed by atoms with Gasteiger partial charge in [-0.25, -0.2) is 4.79 Å². The summed E-state index contributed by atoms with van der Waals surface area (Å²) in [6.07, 6.45) is -0.137. The van der Waals surface area contributed by atoms with Gasteiger partial charge in [0, 0.05) is 21.6 Å². The lowest BCUT2D eigenvalue weighted by atomic mass is 10.2. The first-order valence-electron chi connectivity index (χ1n) is 4.59. The number of ketones is 1. The summed E-state index contributed by atoms with van der Waals surface area (Å²) in [5, 5.41) is 9.94. The van der Waals surface area contributed by atoms with Gasteiger partial charge in [-0.1, -0.05) is 11.6 Å². The van der Waals surface area contributed by atoms with Crippen LogP contribution in [0.2, 0.25) is 5.02 Å². The van der Waals surface area contributed by atoms with Gasteiger partial charge in [-0.3, -0.25) is 4.79 Å². The van der Waals surface area contributed by atoms with Crippen LogP contribution < -0.4 is 0 Å². The molecule has 2 N–H and O–H groups in total. The maximum absolute atomic E-state index is 11.0. The minimum atomic E-state index is -1.42. The molecule has 0 aliphatic rings. The number of aromatic nitrogens is 1. The SMILES string of the molecule is O=C(O)C(=O)Cc1cc2cc(Cl)ccc2[nH]1. The van der Waals surface area contributed by atoms with Gasteiger partial charge in [-0.2, -0.15) is 0 Å². The van der Waals surface area contributed by atoms with E-state index in [1.165, 1.54) is 0 Å². The number of carbonyl (C=O) groups is 2. The van der Waals surface area contributed by atoms with Gasteiger partial charge in [0.05, 0.1) is 6.42 Å². The predicted octanol–water partition coefficient (Wildman–Crippen LogP) is 2.02. The molecule has 1 aromatic heterocycles. The third-order valence-corrected chi connectivity index (χ3v) is 2.46. The van der Waals surface area contributed by atoms with Crippen molar-refractivity contribution in [2.45, 2.75) is 6.42 Å². The summed E-state index contributed by atoms with van der Waals surface area (Å²) in [7, 11) is 0. The minimum Gasteiger partial charge on any atom is -0.475 e. The van der Waals surface area contributed by atoms with E-state index in [1.807, 2.05) is 0 Å². The molecule has 0 radical (unpaired) electrons. The molecule has 1 heterocycles. The van der Waals surface area contributed by atoms with Crippen molar-refractivity contribution in [3.8, 4) is 0 Å². The molecule has 5 heteroatoms. The Morgan fingerprint density at radius 3 is 2.75 bits per heavy atom. The lowest BCUT2D eigenvalue weighted by Gasteiger charge is -1.91. The molecule has 1 aromatic carbocycles. The van der Waals surface area contributed by atoms with Gasteiger partial charge in [0.15, 0.2) is 0 Å². The average molecular weight is 238 g/mol. The molecule has 2 rings (SSSR count). The van der Waals surface area contributed by atoms with Crippen LogP contribution in [-0.4, -0.2) is 21.8 Å². The van der Waals surface area contributed by atoms with Crippen molar-refractivity contribution in [2.24, 2.45) is 0 Å². The van der Waals surface area contributed by atoms with Crippen LogP contribution in [0.15, 0.2) is 24.3 Å². The van der Waals surface area contributed by atoms with E-state index in [1.54, 1.807) is 24.3 Å². The summed E-state index contributed by atoms with van der Waals surface area (Å²) in [6, 6.07) is 6.99. The van der Waals surface area contributed by atoms with Crippen molar-refractivity contribution in [3.05, 3.63) is 35.0 Å². The number of aromatic amines is 1. The number of rotatable bonds is 3. The van der Waals surface area contributed by atoms with E-state index >= 15 is 0 Å². The summed E-state index contributed by atoms with van der Waals surface area (Å²) in [6.45, 7) is 0. The number of H-pyrrole nitrogens is 1. The smallest absolute Gasteiger partial charge is 0.372 e. The molecule has 0 spiro atoms. The fourth-order valence-electron chi connectivity index (χ4n) is 1.51. The van der Waals surface area contributed by atoms with Crippen molar-refractivity contribution < 1.29 is 14.7 Å². The predicted molar refractivity (Wildman–Crippen MR) is 59.7 cm³/mol. The number of nitrogens with one attached hydrogen (secondary N) is 1. The van der Waals surface area contributed by atoms with Crippen molar-refractivity contribution in [1.82, 2.24) is 4.98 Å². The van der Waals surface area contributed by atoms with Gasteiger partial charge in [0.25, 0.3) is 0 Å². The number of hydrogen-bond acceptors (Lipinski definition) is 2. The summed E-state index contributed by atoms with van der Waals surface area (Å²) < 4.78 is 0. The monoisotopic (exact) mass is 237 g/mol. The van der Waals surface area contributed by atoms with Gasteiger partial charge in [0.2, 0.25) is 5.78 Å². The van der Waals surface area contributed by atoms with Gasteiger partial charge in [0.1, 0.15) is 0 Å². The van der Waals surface area contributed by atoms with Crippen molar-refractivity contribution >= 4 is 34.3 Å². The first-order chi connectivity index (χ1) is 7.56. The number of benzene rings is 1. The van der Waals surface area contributed by atoms with Gasteiger partial charge < -0.3 is 10.1 Å². The van der Waals surface area contributed by atoms with Gasteiger partial charge in [-0.15, -0.1) is 0 Å². The maximum Gasteiger partial charge on any atom is 0.372 e. The normalized spacial score (nSPS) is 10.6. The fourth-order valence-corrected chi connectivity index (χ4v) is 1.69. The Hall–Kier alpha value is -1.81. The van der Waals surface area contributed by atoms with Crippen LogP contribution in [-0.2, 0) is 16.0 Å². The summed E-state index contributed by atoms with van der Waals surface area (Å²) in [5.41, 5.74) is 1.40. The largest absolute Gasteiger partial charge is 0.475 e. The molecule has 2 aromatic rings. The van der Waals surface area contributed by atoms with Gasteiger partial charge >= 0.3 is 5.97 Å². The van der Waals surface area contributed by atoms with Crippen LogP contribution in [0, 0.1) is 0 Å². The summed E-state index contributed by atoms with van der Waals surface area (Å²) in [4.78, 5) is 24.4. The standard InChI is InChI=1S/C11H8ClNO3/c12-7-1-2-9-6(3-7)4-8(13-9)5-10(14)11(15)16/h1-4,13H,5H2,(H,15,16). The van der Waals surface area contributed by atoms with Crippen LogP contribution in [0.1, 0.15) is 5.69 Å². The zero-order valence-electron chi connectivity index (χ0n) is 8.16. The zero-order chi connectivity index (χ0) is 11.7. The molecule has 0 saturated heterocycles. The zero-order valence-corrected chi connectivity index (χ0v) is 8.91. The fraction of sp³-hybridized carbons (Fsp3) is 0.0909. The Morgan fingerprint density at radius 1 is 1.31 bits per heavy atom. The van der Waals surface area contributed by atoms with Crippen molar-refractivity contribution in [1.29, 1.82) is 0 Å². The number of Topliss-reactive ketones (excluding diaryl/α,β-unsaturated/α-hetero) is 1. The summed E-state index contributed by atoms with van der Waals surface area (Å²) >= 11 is 5.81. The second kappa shape index (κ2) is 3.98. The van der Waals surface area contributed by atoms with E-state index in [2.05, 4.69) is 4.98 Å². The quantitative estimate of drug-likeness (QED) is 0.803. The molecule has 0 saturated carbocycles. The molecule has 16 heavy (non-hydrogen) atoms. The molecular weight excluding hydrogens is 230 g/mol. The number of carboxylic acid groups (broad SMARTS) is 1. The molecule has 82 valence electrons. The van der Waals surface area contributed by atoms with Crippen LogP contribution in [0.3, 0.4) is 0 Å². The Labute approximate surface area is 95.8 Å². The highest BCUT2D eigenvalue weighted by Gasteiger charge is 2.13. The minimum absolute atomic E-state index is 0.137. The third-order valence-electron chi connectivity index (χ3n) is 2.23. The topological polar surface area (TPSA) is 70.2 Å². The van der Waals surface area contributed by atoms with Crippen molar-refractivity contribution in [2.75, 3.05) is 0 Å².